The van der Waals surface area contributed by atoms with E-state index in [2.05, 4.69) is 4.98 Å². The third-order valence-electron chi connectivity index (χ3n) is 2.27. The molecule has 0 aliphatic heterocycles. The quantitative estimate of drug-likeness (QED) is 0.744. The zero-order chi connectivity index (χ0) is 10.1. The molecule has 2 rings (SSSR count). The predicted molar refractivity (Wildman–Crippen MR) is 53.4 cm³/mol. The van der Waals surface area contributed by atoms with E-state index in [1.165, 1.54) is 0 Å². The molecule has 1 N–H and O–H groups in total. The molecule has 1 aromatic carbocycles. The van der Waals surface area contributed by atoms with E-state index < -0.39 is 5.97 Å². The Hall–Kier alpha value is -1.90. The van der Waals surface area contributed by atoms with Gasteiger partial charge >= 0.3 is 5.97 Å². The molecule has 0 bridgehead atoms. The number of carboxylic acid groups (broad SMARTS) is 1. The first-order valence-corrected chi connectivity index (χ1v) is 4.27. The van der Waals surface area contributed by atoms with Crippen molar-refractivity contribution in [3.05, 3.63) is 41.7 Å². The molecule has 3 nitrogen and oxygen atoms in total. The minimum Gasteiger partial charge on any atom is -0.478 e. The number of benzene rings is 1. The lowest BCUT2D eigenvalue weighted by Gasteiger charge is -2.04. The highest BCUT2D eigenvalue weighted by Gasteiger charge is 2.08. The number of hydrogen-bond acceptors (Lipinski definition) is 2. The van der Waals surface area contributed by atoms with Crippen LogP contribution in [0.3, 0.4) is 0 Å². The fraction of sp³-hybridized carbons (Fsp3) is 0.0909. The summed E-state index contributed by atoms with van der Waals surface area (Å²) in [6.07, 6.45) is 3.30. The molecular formula is C11H9NO2. The highest BCUT2D eigenvalue weighted by Crippen LogP contribution is 2.21. The molecule has 3 heteroatoms. The van der Waals surface area contributed by atoms with E-state index in [1.54, 1.807) is 30.6 Å². The maximum Gasteiger partial charge on any atom is 0.336 e. The van der Waals surface area contributed by atoms with Gasteiger partial charge in [-0.05, 0) is 30.0 Å². The second-order valence-corrected chi connectivity index (χ2v) is 3.16. The Balaban J connectivity index is 2.88. The van der Waals surface area contributed by atoms with Crippen LogP contribution in [-0.4, -0.2) is 16.1 Å². The summed E-state index contributed by atoms with van der Waals surface area (Å²) in [7, 11) is 0. The first-order chi connectivity index (χ1) is 6.70. The zero-order valence-corrected chi connectivity index (χ0v) is 7.69. The summed E-state index contributed by atoms with van der Waals surface area (Å²) in [6.45, 7) is 1.94. The Morgan fingerprint density at radius 2 is 2.07 bits per heavy atom. The number of aryl methyl sites for hydroxylation is 1. The van der Waals surface area contributed by atoms with Gasteiger partial charge in [-0.25, -0.2) is 4.79 Å². The molecule has 0 radical (unpaired) electrons. The highest BCUT2D eigenvalue weighted by atomic mass is 16.4. The smallest absolute Gasteiger partial charge is 0.336 e. The molecule has 70 valence electrons. The van der Waals surface area contributed by atoms with Gasteiger partial charge in [-0.15, -0.1) is 0 Å². The second kappa shape index (κ2) is 3.10. The van der Waals surface area contributed by atoms with E-state index in [0.717, 1.165) is 16.3 Å². The van der Waals surface area contributed by atoms with E-state index in [9.17, 15) is 4.79 Å². The summed E-state index contributed by atoms with van der Waals surface area (Å²) in [5.41, 5.74) is 1.37. The fourth-order valence-corrected chi connectivity index (χ4v) is 1.52. The lowest BCUT2D eigenvalue weighted by Crippen LogP contribution is -1.98. The van der Waals surface area contributed by atoms with Crippen LogP contribution in [0.25, 0.3) is 10.8 Å². The highest BCUT2D eigenvalue weighted by molar-refractivity contribution is 6.04. The first-order valence-electron chi connectivity index (χ1n) is 4.27. The van der Waals surface area contributed by atoms with Crippen molar-refractivity contribution in [3.8, 4) is 0 Å². The molecule has 0 saturated carbocycles. The van der Waals surface area contributed by atoms with Crippen molar-refractivity contribution in [1.82, 2.24) is 4.98 Å². The molecule has 0 aliphatic rings. The number of aromatic nitrogens is 1. The molecule has 0 saturated heterocycles. The van der Waals surface area contributed by atoms with Crippen molar-refractivity contribution in [2.24, 2.45) is 0 Å². The number of hydrogen-bond donors (Lipinski definition) is 1. The first kappa shape index (κ1) is 8.69. The third kappa shape index (κ3) is 1.23. The number of fused-ring (bicyclic) bond motifs is 1. The van der Waals surface area contributed by atoms with Crippen molar-refractivity contribution in [2.45, 2.75) is 6.92 Å². The average molecular weight is 187 g/mol. The number of aromatic carboxylic acids is 1. The van der Waals surface area contributed by atoms with Crippen LogP contribution in [0.15, 0.2) is 30.6 Å². The Kier molecular flexibility index (Phi) is 1.93. The fourth-order valence-electron chi connectivity index (χ4n) is 1.52. The van der Waals surface area contributed by atoms with Crippen LogP contribution in [0.2, 0.25) is 0 Å². The molecule has 1 aromatic heterocycles. The largest absolute Gasteiger partial charge is 0.478 e. The minimum absolute atomic E-state index is 0.327. The molecule has 0 aliphatic carbocycles. The Labute approximate surface area is 81.0 Å². The number of pyridine rings is 1. The lowest BCUT2D eigenvalue weighted by atomic mass is 10.0. The molecule has 0 fully saturated rings. The monoisotopic (exact) mass is 187 g/mol. The van der Waals surface area contributed by atoms with Gasteiger partial charge in [0.15, 0.2) is 0 Å². The van der Waals surface area contributed by atoms with Gasteiger partial charge in [0.05, 0.1) is 5.56 Å². The summed E-state index contributed by atoms with van der Waals surface area (Å²) < 4.78 is 0. The van der Waals surface area contributed by atoms with Crippen LogP contribution >= 0.6 is 0 Å². The summed E-state index contributed by atoms with van der Waals surface area (Å²) in [4.78, 5) is 14.9. The van der Waals surface area contributed by atoms with Crippen LogP contribution in [0, 0.1) is 6.92 Å². The molecular weight excluding hydrogens is 178 g/mol. The van der Waals surface area contributed by atoms with Gasteiger partial charge in [-0.1, -0.05) is 6.07 Å². The normalized spacial score (nSPS) is 10.4. The maximum absolute atomic E-state index is 10.9. The summed E-state index contributed by atoms with van der Waals surface area (Å²) in [5, 5.41) is 10.6. The van der Waals surface area contributed by atoms with Gasteiger partial charge in [0, 0.05) is 17.8 Å². The van der Waals surface area contributed by atoms with Gasteiger partial charge in [0.2, 0.25) is 0 Å². The predicted octanol–water partition coefficient (Wildman–Crippen LogP) is 2.24. The van der Waals surface area contributed by atoms with E-state index in [-0.39, 0.29) is 0 Å². The van der Waals surface area contributed by atoms with Crippen LogP contribution < -0.4 is 0 Å². The summed E-state index contributed by atoms with van der Waals surface area (Å²) in [5.74, 6) is -0.902. The topological polar surface area (TPSA) is 50.2 Å². The van der Waals surface area contributed by atoms with Crippen LogP contribution in [-0.2, 0) is 0 Å². The second-order valence-electron chi connectivity index (χ2n) is 3.16. The van der Waals surface area contributed by atoms with Crippen LogP contribution in [0.1, 0.15) is 15.9 Å². The van der Waals surface area contributed by atoms with Gasteiger partial charge in [0.25, 0.3) is 0 Å². The molecule has 14 heavy (non-hydrogen) atoms. The molecule has 2 aromatic rings. The van der Waals surface area contributed by atoms with Gasteiger partial charge in [-0.2, -0.15) is 0 Å². The molecule has 1 heterocycles. The van der Waals surface area contributed by atoms with Crippen molar-refractivity contribution in [2.75, 3.05) is 0 Å². The summed E-state index contributed by atoms with van der Waals surface area (Å²) in [6, 6.07) is 5.15. The SMILES string of the molecule is Cc1ccc(C(=O)O)c2ccncc12. The Morgan fingerprint density at radius 1 is 1.29 bits per heavy atom. The molecule has 0 atom stereocenters. The summed E-state index contributed by atoms with van der Waals surface area (Å²) >= 11 is 0. The number of carboxylic acids is 1. The number of rotatable bonds is 1. The van der Waals surface area contributed by atoms with Gasteiger partial charge in [0.1, 0.15) is 0 Å². The minimum atomic E-state index is -0.902. The average Bonchev–Trinajstić information content (AvgIpc) is 2.18. The van der Waals surface area contributed by atoms with E-state index in [0.29, 0.717) is 5.56 Å². The standard InChI is InChI=1S/C11H9NO2/c1-7-2-3-9(11(13)14)8-4-5-12-6-10(7)8/h2-6H,1H3,(H,13,14). The van der Waals surface area contributed by atoms with Crippen molar-refractivity contribution in [3.63, 3.8) is 0 Å². The van der Waals surface area contributed by atoms with E-state index >= 15 is 0 Å². The van der Waals surface area contributed by atoms with Gasteiger partial charge in [-0.3, -0.25) is 4.98 Å². The van der Waals surface area contributed by atoms with E-state index in [1.807, 2.05) is 6.92 Å². The zero-order valence-electron chi connectivity index (χ0n) is 7.69. The van der Waals surface area contributed by atoms with E-state index in [4.69, 9.17) is 5.11 Å². The van der Waals surface area contributed by atoms with Crippen LogP contribution in [0.4, 0.5) is 0 Å². The van der Waals surface area contributed by atoms with Crippen molar-refractivity contribution < 1.29 is 9.90 Å². The molecule has 0 spiro atoms. The van der Waals surface area contributed by atoms with Gasteiger partial charge < -0.3 is 5.11 Å². The lowest BCUT2D eigenvalue weighted by molar-refractivity contribution is 0.0699. The number of carbonyl (C=O) groups is 1. The van der Waals surface area contributed by atoms with Crippen LogP contribution in [0.5, 0.6) is 0 Å². The maximum atomic E-state index is 10.9. The Bertz CT molecular complexity index is 506. The Morgan fingerprint density at radius 3 is 2.79 bits per heavy atom. The third-order valence-corrected chi connectivity index (χ3v) is 2.27. The molecule has 0 unspecified atom stereocenters. The number of nitrogens with zero attached hydrogens (tertiary/aromatic N) is 1. The van der Waals surface area contributed by atoms with Crippen molar-refractivity contribution >= 4 is 16.7 Å². The van der Waals surface area contributed by atoms with Crippen molar-refractivity contribution in [1.29, 1.82) is 0 Å². The molecule has 0 amide bonds.